The topological polar surface area (TPSA) is 56.6 Å². The van der Waals surface area contributed by atoms with Crippen molar-refractivity contribution >= 4 is 11.6 Å². The molecule has 2 heterocycles. The summed E-state index contributed by atoms with van der Waals surface area (Å²) in [6.07, 6.45) is -3.81. The molecule has 2 fully saturated rings. The van der Waals surface area contributed by atoms with E-state index in [2.05, 4.69) is 0 Å². The number of nitriles is 1. The molecule has 170 valence electrons. The predicted octanol–water partition coefficient (Wildman–Crippen LogP) is 4.31. The number of alkyl halides is 3. The van der Waals surface area contributed by atoms with Crippen LogP contribution >= 0.6 is 0 Å². The Bertz CT molecular complexity index is 872. The van der Waals surface area contributed by atoms with Crippen molar-refractivity contribution in [2.24, 2.45) is 16.7 Å². The third kappa shape index (κ3) is 4.67. The van der Waals surface area contributed by atoms with Crippen molar-refractivity contribution in [2.45, 2.75) is 40.3 Å². The molecule has 0 radical (unpaired) electrons. The van der Waals surface area contributed by atoms with Crippen molar-refractivity contribution in [3.8, 4) is 6.07 Å². The molecule has 8 heteroatoms. The molecule has 0 aliphatic carbocycles. The van der Waals surface area contributed by atoms with Crippen molar-refractivity contribution in [2.75, 3.05) is 44.3 Å². The maximum atomic E-state index is 13.5. The van der Waals surface area contributed by atoms with E-state index in [0.29, 0.717) is 45.1 Å². The Morgan fingerprint density at radius 2 is 2.00 bits per heavy atom. The van der Waals surface area contributed by atoms with Gasteiger partial charge in [-0.05, 0) is 37.5 Å². The molecule has 1 aromatic rings. The molecule has 2 saturated heterocycles. The number of halogens is 3. The Balaban J connectivity index is 1.91. The van der Waals surface area contributed by atoms with Crippen LogP contribution in [-0.4, -0.2) is 50.2 Å². The first-order chi connectivity index (χ1) is 14.4. The monoisotopic (exact) mass is 437 g/mol. The Hall–Kier alpha value is -2.27. The highest BCUT2D eigenvalue weighted by molar-refractivity contribution is 5.81. The second-order valence-electron chi connectivity index (χ2n) is 9.68. The zero-order valence-electron chi connectivity index (χ0n) is 18.6. The number of rotatable bonds is 4. The quantitative estimate of drug-likeness (QED) is 0.704. The predicted molar refractivity (Wildman–Crippen MR) is 111 cm³/mol. The number of likely N-dealkylation sites (tertiary alicyclic amines) is 1. The molecule has 0 bridgehead atoms. The first-order valence-electron chi connectivity index (χ1n) is 10.6. The van der Waals surface area contributed by atoms with Gasteiger partial charge >= 0.3 is 6.18 Å². The molecule has 2 aliphatic rings. The maximum absolute atomic E-state index is 13.5. The number of anilines is 1. The van der Waals surface area contributed by atoms with Gasteiger partial charge in [0.1, 0.15) is 0 Å². The second-order valence-corrected chi connectivity index (χ2v) is 9.68. The van der Waals surface area contributed by atoms with Crippen LogP contribution in [0.4, 0.5) is 18.9 Å². The summed E-state index contributed by atoms with van der Waals surface area (Å²) in [5.41, 5.74) is -1.66. The summed E-state index contributed by atoms with van der Waals surface area (Å²) in [5.74, 6) is 0.297. The number of carbonyl (C=O) groups excluding carboxylic acids is 1. The summed E-state index contributed by atoms with van der Waals surface area (Å²) in [6.45, 7) is 10.9. The van der Waals surface area contributed by atoms with E-state index in [0.717, 1.165) is 12.5 Å². The van der Waals surface area contributed by atoms with E-state index in [1.54, 1.807) is 12.1 Å². The fourth-order valence-corrected chi connectivity index (χ4v) is 4.80. The number of hydrogen-bond acceptors (Lipinski definition) is 4. The molecule has 31 heavy (non-hydrogen) atoms. The lowest BCUT2D eigenvalue weighted by Crippen LogP contribution is -2.55. The van der Waals surface area contributed by atoms with Crippen LogP contribution in [0.1, 0.15) is 45.2 Å². The lowest BCUT2D eigenvalue weighted by atomic mass is 9.73. The van der Waals surface area contributed by atoms with Gasteiger partial charge in [-0.25, -0.2) is 0 Å². The minimum atomic E-state index is -4.59. The lowest BCUT2D eigenvalue weighted by molar-refractivity contribution is -0.145. The zero-order valence-corrected chi connectivity index (χ0v) is 18.6. The largest absolute Gasteiger partial charge is 0.417 e. The molecule has 2 atom stereocenters. The number of hydrogen-bond donors (Lipinski definition) is 0. The average Bonchev–Trinajstić information content (AvgIpc) is 3.08. The Kier molecular flexibility index (Phi) is 6.30. The molecule has 5 nitrogen and oxygen atoms in total. The van der Waals surface area contributed by atoms with Gasteiger partial charge in [-0.1, -0.05) is 20.8 Å². The van der Waals surface area contributed by atoms with Gasteiger partial charge in [0.15, 0.2) is 0 Å². The molecule has 0 N–H and O–H groups in total. The van der Waals surface area contributed by atoms with E-state index < -0.39 is 17.2 Å². The molecule has 0 saturated carbocycles. The lowest BCUT2D eigenvalue weighted by Gasteiger charge is -2.45. The number of benzene rings is 1. The third-order valence-corrected chi connectivity index (χ3v) is 6.38. The van der Waals surface area contributed by atoms with Crippen LogP contribution in [0.15, 0.2) is 18.2 Å². The summed E-state index contributed by atoms with van der Waals surface area (Å²) in [5, 5.41) is 9.07. The summed E-state index contributed by atoms with van der Waals surface area (Å²) < 4.78 is 46.2. The van der Waals surface area contributed by atoms with E-state index in [9.17, 15) is 18.0 Å². The van der Waals surface area contributed by atoms with E-state index in [1.807, 2.05) is 37.5 Å². The van der Waals surface area contributed by atoms with Crippen LogP contribution in [0.5, 0.6) is 0 Å². The standard InChI is InChI=1S/C23H30F3N3O2/c1-5-31-15-22-13-28(20(30)21(2,3)4)9-8-17(22)12-29(14-22)18-7-6-16(11-27)19(10-18)23(24,25)26/h6-7,10,17H,5,8-9,12-15H2,1-4H3/t17-,22+/m0/s1. The Morgan fingerprint density at radius 3 is 2.58 bits per heavy atom. The van der Waals surface area contributed by atoms with Crippen LogP contribution in [0.25, 0.3) is 0 Å². The van der Waals surface area contributed by atoms with Crippen molar-refractivity contribution in [3.63, 3.8) is 0 Å². The van der Waals surface area contributed by atoms with Crippen LogP contribution in [0.2, 0.25) is 0 Å². The molecule has 1 aromatic carbocycles. The SMILES string of the molecule is CCOC[C@]12CN(C(=O)C(C)(C)C)CC[C@H]1CN(c1ccc(C#N)c(C(F)(F)F)c1)C2. The number of nitrogens with zero attached hydrogens (tertiary/aromatic N) is 3. The van der Waals surface area contributed by atoms with Crippen LogP contribution in [-0.2, 0) is 15.7 Å². The Morgan fingerprint density at radius 1 is 1.29 bits per heavy atom. The van der Waals surface area contributed by atoms with E-state index in [-0.39, 0.29) is 22.8 Å². The number of amides is 1. The highest BCUT2D eigenvalue weighted by atomic mass is 19.4. The Labute approximate surface area is 181 Å². The van der Waals surface area contributed by atoms with Crippen molar-refractivity contribution in [1.82, 2.24) is 4.90 Å². The van der Waals surface area contributed by atoms with E-state index in [4.69, 9.17) is 10.00 Å². The fraction of sp³-hybridized carbons (Fsp3) is 0.652. The fourth-order valence-electron chi connectivity index (χ4n) is 4.80. The maximum Gasteiger partial charge on any atom is 0.417 e. The average molecular weight is 438 g/mol. The summed E-state index contributed by atoms with van der Waals surface area (Å²) in [4.78, 5) is 16.8. The van der Waals surface area contributed by atoms with E-state index in [1.165, 1.54) is 6.07 Å². The smallest absolute Gasteiger partial charge is 0.381 e. The van der Waals surface area contributed by atoms with Gasteiger partial charge in [0.25, 0.3) is 0 Å². The molecule has 3 rings (SSSR count). The highest BCUT2D eigenvalue weighted by Gasteiger charge is 2.51. The number of carbonyl (C=O) groups is 1. The summed E-state index contributed by atoms with van der Waals surface area (Å²) in [6, 6.07) is 5.53. The summed E-state index contributed by atoms with van der Waals surface area (Å²) in [7, 11) is 0. The molecule has 2 aliphatic heterocycles. The number of fused-ring (bicyclic) bond motifs is 1. The zero-order chi connectivity index (χ0) is 23.0. The van der Waals surface area contributed by atoms with Gasteiger partial charge in [0, 0.05) is 49.3 Å². The summed E-state index contributed by atoms with van der Waals surface area (Å²) >= 11 is 0. The van der Waals surface area contributed by atoms with Crippen molar-refractivity contribution < 1.29 is 22.7 Å². The van der Waals surface area contributed by atoms with Gasteiger partial charge in [0.2, 0.25) is 5.91 Å². The minimum Gasteiger partial charge on any atom is -0.381 e. The molecule has 0 unspecified atom stereocenters. The second kappa shape index (κ2) is 8.34. The van der Waals surface area contributed by atoms with Gasteiger partial charge < -0.3 is 14.5 Å². The molecular formula is C23H30F3N3O2. The van der Waals surface area contributed by atoms with Crippen molar-refractivity contribution in [1.29, 1.82) is 5.26 Å². The minimum absolute atomic E-state index is 0.0815. The van der Waals surface area contributed by atoms with Gasteiger partial charge in [0.05, 0.1) is 23.8 Å². The van der Waals surface area contributed by atoms with Gasteiger partial charge in [-0.15, -0.1) is 0 Å². The third-order valence-electron chi connectivity index (χ3n) is 6.38. The molecule has 1 amide bonds. The van der Waals surface area contributed by atoms with Crippen LogP contribution in [0.3, 0.4) is 0 Å². The number of piperidine rings is 1. The first kappa shape index (κ1) is 23.4. The molecule has 0 spiro atoms. The molecular weight excluding hydrogens is 407 g/mol. The normalized spacial score (nSPS) is 24.1. The van der Waals surface area contributed by atoms with E-state index >= 15 is 0 Å². The first-order valence-corrected chi connectivity index (χ1v) is 10.6. The molecule has 0 aromatic heterocycles. The van der Waals surface area contributed by atoms with Crippen LogP contribution in [0, 0.1) is 28.1 Å². The van der Waals surface area contributed by atoms with Crippen LogP contribution < -0.4 is 4.90 Å². The van der Waals surface area contributed by atoms with Crippen molar-refractivity contribution in [3.05, 3.63) is 29.3 Å². The van der Waals surface area contributed by atoms with Gasteiger partial charge in [-0.3, -0.25) is 4.79 Å². The van der Waals surface area contributed by atoms with Gasteiger partial charge in [-0.2, -0.15) is 18.4 Å². The highest BCUT2D eigenvalue weighted by Crippen LogP contribution is 2.45. The number of ether oxygens (including phenoxy) is 1.